The van der Waals surface area contributed by atoms with Gasteiger partial charge in [-0.25, -0.2) is 0 Å². The third kappa shape index (κ3) is 2.87. The zero-order valence-corrected chi connectivity index (χ0v) is 15.9. The predicted molar refractivity (Wildman–Crippen MR) is 111 cm³/mol. The van der Waals surface area contributed by atoms with Crippen LogP contribution in [0.5, 0.6) is 11.5 Å². The maximum absolute atomic E-state index is 12.3. The summed E-state index contributed by atoms with van der Waals surface area (Å²) in [6.45, 7) is 3.03. The van der Waals surface area contributed by atoms with E-state index < -0.39 is 0 Å². The van der Waals surface area contributed by atoms with Crippen molar-refractivity contribution in [1.29, 1.82) is 0 Å². The topological polar surface area (TPSA) is 85.3 Å². The highest BCUT2D eigenvalue weighted by Gasteiger charge is 2.18. The zero-order valence-electron chi connectivity index (χ0n) is 15.0. The van der Waals surface area contributed by atoms with E-state index in [1.807, 2.05) is 42.8 Å². The number of H-pyrrole nitrogens is 1. The van der Waals surface area contributed by atoms with Crippen LogP contribution in [0.25, 0.3) is 32.1 Å². The molecule has 0 aliphatic carbocycles. The Kier molecular flexibility index (Phi) is 4.37. The van der Waals surface area contributed by atoms with Crippen LogP contribution in [-0.4, -0.2) is 28.8 Å². The molecule has 0 aliphatic heterocycles. The number of phenolic OH excluding ortho intramolecular Hbond substituents is 2. The minimum atomic E-state index is -0.240. The first-order chi connectivity index (χ1) is 13.0. The smallest absolute Gasteiger partial charge is 0.266 e. The normalized spacial score (nSPS) is 12.7. The highest BCUT2D eigenvalue weighted by atomic mass is 32.1. The van der Waals surface area contributed by atoms with E-state index in [9.17, 15) is 15.0 Å². The third-order valence-corrected chi connectivity index (χ3v) is 5.86. The number of pyridine rings is 1. The van der Waals surface area contributed by atoms with E-state index in [2.05, 4.69) is 17.2 Å². The second-order valence-corrected chi connectivity index (χ2v) is 7.65. The van der Waals surface area contributed by atoms with Gasteiger partial charge in [-0.2, -0.15) is 0 Å². The largest absolute Gasteiger partial charge is 0.507 e. The molecule has 27 heavy (non-hydrogen) atoms. The Morgan fingerprint density at radius 3 is 2.59 bits per heavy atom. The van der Waals surface area contributed by atoms with E-state index in [1.54, 1.807) is 0 Å². The summed E-state index contributed by atoms with van der Waals surface area (Å²) in [5.41, 5.74) is 2.74. The van der Waals surface area contributed by atoms with Crippen molar-refractivity contribution in [3.63, 3.8) is 0 Å². The van der Waals surface area contributed by atoms with E-state index in [0.717, 1.165) is 17.5 Å². The Balaban J connectivity index is 1.99. The van der Waals surface area contributed by atoms with E-state index in [0.29, 0.717) is 27.1 Å². The molecule has 4 rings (SSSR count). The molecule has 0 fully saturated rings. The molecule has 4 aromatic rings. The highest BCUT2D eigenvalue weighted by Crippen LogP contribution is 2.43. The number of benzene rings is 2. The van der Waals surface area contributed by atoms with Gasteiger partial charge in [0.1, 0.15) is 16.2 Å². The molecule has 0 radical (unpaired) electrons. The zero-order chi connectivity index (χ0) is 19.1. The fourth-order valence-electron chi connectivity index (χ4n) is 3.60. The van der Waals surface area contributed by atoms with Gasteiger partial charge in [-0.1, -0.05) is 31.2 Å². The summed E-state index contributed by atoms with van der Waals surface area (Å²) < 4.78 is 0.577. The molecule has 138 valence electrons. The van der Waals surface area contributed by atoms with Gasteiger partial charge in [0.15, 0.2) is 0 Å². The van der Waals surface area contributed by atoms with E-state index in [4.69, 9.17) is 0 Å². The molecule has 0 saturated carbocycles. The number of thiophene rings is 1. The van der Waals surface area contributed by atoms with Crippen molar-refractivity contribution in [3.8, 4) is 22.6 Å². The van der Waals surface area contributed by atoms with Gasteiger partial charge in [0.2, 0.25) is 0 Å². The number of nitrogens with one attached hydrogen (secondary N) is 2. The summed E-state index contributed by atoms with van der Waals surface area (Å²) in [5, 5.41) is 27.3. The lowest BCUT2D eigenvalue weighted by atomic mass is 9.94. The molecule has 1 atom stereocenters. The summed E-state index contributed by atoms with van der Waals surface area (Å²) in [7, 11) is 1.93. The standard InChI is InChI=1S/C21H20N2O3S/c1-11(10-22-2)12-3-5-13(6-4-12)17-15(24)9-16(25)19-18(17)14-7-8-27-20(14)21(26)23-19/h3-9,11,22,24-25H,10H2,1-2H3,(H,23,26). The maximum Gasteiger partial charge on any atom is 0.266 e. The van der Waals surface area contributed by atoms with Crippen LogP contribution in [0.3, 0.4) is 0 Å². The van der Waals surface area contributed by atoms with Crippen molar-refractivity contribution in [1.82, 2.24) is 10.3 Å². The minimum absolute atomic E-state index is 0.0180. The molecule has 2 heterocycles. The molecule has 2 aromatic carbocycles. The third-order valence-electron chi connectivity index (χ3n) is 4.94. The van der Waals surface area contributed by atoms with Gasteiger partial charge in [-0.05, 0) is 35.5 Å². The van der Waals surface area contributed by atoms with Crippen LogP contribution < -0.4 is 10.9 Å². The number of aromatic hydroxyl groups is 2. The SMILES string of the molecule is CNCC(C)c1ccc(-c2c(O)cc(O)c3[nH]c(=O)c4sccc4c23)cc1. The van der Waals surface area contributed by atoms with Crippen LogP contribution in [0.4, 0.5) is 0 Å². The molecule has 5 nitrogen and oxygen atoms in total. The lowest BCUT2D eigenvalue weighted by molar-refractivity contribution is 0.455. The Morgan fingerprint density at radius 2 is 1.89 bits per heavy atom. The highest BCUT2D eigenvalue weighted by molar-refractivity contribution is 7.17. The molecule has 2 aromatic heterocycles. The maximum atomic E-state index is 12.3. The van der Waals surface area contributed by atoms with Crippen molar-refractivity contribution >= 4 is 32.3 Å². The van der Waals surface area contributed by atoms with Gasteiger partial charge in [0.25, 0.3) is 5.56 Å². The number of fused-ring (bicyclic) bond motifs is 3. The fraction of sp³-hybridized carbons (Fsp3) is 0.190. The Morgan fingerprint density at radius 1 is 1.15 bits per heavy atom. The molecule has 0 amide bonds. The van der Waals surface area contributed by atoms with Crippen molar-refractivity contribution in [2.24, 2.45) is 0 Å². The monoisotopic (exact) mass is 380 g/mol. The van der Waals surface area contributed by atoms with Crippen LogP contribution in [0.2, 0.25) is 0 Å². The molecule has 1 unspecified atom stereocenters. The van der Waals surface area contributed by atoms with E-state index in [-0.39, 0.29) is 17.1 Å². The summed E-state index contributed by atoms with van der Waals surface area (Å²) in [5.74, 6) is 0.209. The summed E-state index contributed by atoms with van der Waals surface area (Å²) >= 11 is 1.34. The Hall–Kier alpha value is -2.83. The van der Waals surface area contributed by atoms with Gasteiger partial charge in [0.05, 0.1) is 5.52 Å². The van der Waals surface area contributed by atoms with Crippen molar-refractivity contribution in [3.05, 3.63) is 57.7 Å². The van der Waals surface area contributed by atoms with Crippen LogP contribution in [-0.2, 0) is 0 Å². The number of aromatic amines is 1. The van der Waals surface area contributed by atoms with Gasteiger partial charge in [0, 0.05) is 28.9 Å². The van der Waals surface area contributed by atoms with Gasteiger partial charge in [-0.3, -0.25) is 4.79 Å². The van der Waals surface area contributed by atoms with Gasteiger partial charge >= 0.3 is 0 Å². The van der Waals surface area contributed by atoms with Crippen molar-refractivity contribution in [2.45, 2.75) is 12.8 Å². The van der Waals surface area contributed by atoms with Crippen LogP contribution in [0, 0.1) is 0 Å². The number of phenols is 2. The van der Waals surface area contributed by atoms with Crippen molar-refractivity contribution < 1.29 is 10.2 Å². The fourth-order valence-corrected chi connectivity index (χ4v) is 4.39. The number of likely N-dealkylation sites (N-methyl/N-ethyl adjacent to an activating group) is 1. The quantitative estimate of drug-likeness (QED) is 0.429. The average molecular weight is 380 g/mol. The first-order valence-corrected chi connectivity index (χ1v) is 9.62. The Labute approximate surface area is 159 Å². The van der Waals surface area contributed by atoms with Gasteiger partial charge < -0.3 is 20.5 Å². The van der Waals surface area contributed by atoms with Crippen molar-refractivity contribution in [2.75, 3.05) is 13.6 Å². The van der Waals surface area contributed by atoms with Crippen LogP contribution in [0.1, 0.15) is 18.4 Å². The Bertz CT molecular complexity index is 1190. The molecule has 6 heteroatoms. The molecule has 0 aliphatic rings. The number of aromatic nitrogens is 1. The first-order valence-electron chi connectivity index (χ1n) is 8.74. The van der Waals surface area contributed by atoms with Crippen LogP contribution >= 0.6 is 11.3 Å². The van der Waals surface area contributed by atoms with Crippen LogP contribution in [0.15, 0.2) is 46.6 Å². The predicted octanol–water partition coefficient (Wildman–Crippen LogP) is 4.14. The molecular weight excluding hydrogens is 360 g/mol. The second-order valence-electron chi connectivity index (χ2n) is 6.74. The van der Waals surface area contributed by atoms with Gasteiger partial charge in [-0.15, -0.1) is 11.3 Å². The van der Waals surface area contributed by atoms with E-state index in [1.165, 1.54) is 23.0 Å². The molecule has 0 bridgehead atoms. The molecule has 4 N–H and O–H groups in total. The lowest BCUT2D eigenvalue weighted by Crippen LogP contribution is -2.14. The summed E-state index contributed by atoms with van der Waals surface area (Å²) in [4.78, 5) is 15.1. The molecule has 0 spiro atoms. The number of hydrogen-bond acceptors (Lipinski definition) is 5. The lowest BCUT2D eigenvalue weighted by Gasteiger charge is -2.14. The number of rotatable bonds is 4. The first kappa shape index (κ1) is 17.6. The molecule has 0 saturated heterocycles. The number of hydrogen-bond donors (Lipinski definition) is 4. The second kappa shape index (κ2) is 6.72. The average Bonchev–Trinajstić information content (AvgIpc) is 3.14. The summed E-state index contributed by atoms with van der Waals surface area (Å²) in [6, 6.07) is 11.2. The van der Waals surface area contributed by atoms with E-state index >= 15 is 0 Å². The minimum Gasteiger partial charge on any atom is -0.507 e. The summed E-state index contributed by atoms with van der Waals surface area (Å²) in [6.07, 6.45) is 0. The molecular formula is C21H20N2O3S.